The number of hydrogen-bond acceptors (Lipinski definition) is 2. The summed E-state index contributed by atoms with van der Waals surface area (Å²) in [5.41, 5.74) is 1.54. The Morgan fingerprint density at radius 3 is 2.52 bits per heavy atom. The lowest BCUT2D eigenvalue weighted by molar-refractivity contribution is 0.403. The molecule has 1 aromatic heterocycles. The Morgan fingerprint density at radius 1 is 1.24 bits per heavy atom. The van der Waals surface area contributed by atoms with Crippen LogP contribution >= 0.6 is 22.9 Å². The molecule has 3 rings (SSSR count). The molecule has 1 aromatic carbocycles. The van der Waals surface area contributed by atoms with Gasteiger partial charge >= 0.3 is 0 Å². The van der Waals surface area contributed by atoms with E-state index >= 15 is 0 Å². The van der Waals surface area contributed by atoms with Crippen molar-refractivity contribution >= 4 is 22.9 Å². The summed E-state index contributed by atoms with van der Waals surface area (Å²) in [7, 11) is 0. The highest BCUT2D eigenvalue weighted by atomic mass is 35.5. The Balaban J connectivity index is 1.70. The maximum atomic E-state index is 6.01. The van der Waals surface area contributed by atoms with Crippen molar-refractivity contribution in [1.82, 2.24) is 5.32 Å². The average molecular weight is 320 g/mol. The zero-order valence-electron chi connectivity index (χ0n) is 12.6. The zero-order chi connectivity index (χ0) is 14.9. The van der Waals surface area contributed by atoms with Gasteiger partial charge in [0.15, 0.2) is 0 Å². The van der Waals surface area contributed by atoms with E-state index in [4.69, 9.17) is 11.6 Å². The minimum absolute atomic E-state index is 0.174. The lowest BCUT2D eigenvalue weighted by Crippen LogP contribution is -2.35. The Labute approximate surface area is 136 Å². The number of benzene rings is 1. The molecule has 1 fully saturated rings. The minimum Gasteiger partial charge on any atom is -0.309 e. The first-order valence-electron chi connectivity index (χ1n) is 7.59. The molecule has 0 bridgehead atoms. The van der Waals surface area contributed by atoms with E-state index in [0.717, 1.165) is 17.5 Å². The molecule has 1 aliphatic rings. The standard InChI is InChI=1S/C18H22ClNS/c1-18(2,16-4-3-11-21-16)12-20-17(13-5-6-13)14-7-9-15(19)10-8-14/h3-4,7-11,13,17,20H,5-6,12H2,1-2H3. The summed E-state index contributed by atoms with van der Waals surface area (Å²) in [5, 5.41) is 6.78. The van der Waals surface area contributed by atoms with Crippen LogP contribution in [0.25, 0.3) is 0 Å². The third-order valence-corrected chi connectivity index (χ3v) is 5.76. The van der Waals surface area contributed by atoms with Crippen molar-refractivity contribution in [3.63, 3.8) is 0 Å². The summed E-state index contributed by atoms with van der Waals surface area (Å²) in [6.07, 6.45) is 2.67. The van der Waals surface area contributed by atoms with Crippen molar-refractivity contribution in [2.24, 2.45) is 5.92 Å². The summed E-state index contributed by atoms with van der Waals surface area (Å²) in [5.74, 6) is 0.783. The Morgan fingerprint density at radius 2 is 1.95 bits per heavy atom. The molecule has 0 aliphatic heterocycles. The molecule has 21 heavy (non-hydrogen) atoms. The fourth-order valence-corrected chi connectivity index (χ4v) is 3.75. The Kier molecular flexibility index (Phi) is 4.39. The maximum Gasteiger partial charge on any atom is 0.0406 e. The average Bonchev–Trinajstić information content (AvgIpc) is 3.13. The number of halogens is 1. The van der Waals surface area contributed by atoms with Crippen LogP contribution < -0.4 is 5.32 Å². The third kappa shape index (κ3) is 3.68. The highest BCUT2D eigenvalue weighted by Crippen LogP contribution is 2.41. The largest absolute Gasteiger partial charge is 0.309 e. The minimum atomic E-state index is 0.174. The van der Waals surface area contributed by atoms with E-state index in [0.29, 0.717) is 6.04 Å². The van der Waals surface area contributed by atoms with Crippen molar-refractivity contribution < 1.29 is 0 Å². The van der Waals surface area contributed by atoms with E-state index in [1.165, 1.54) is 23.3 Å². The maximum absolute atomic E-state index is 6.01. The topological polar surface area (TPSA) is 12.0 Å². The molecule has 0 saturated heterocycles. The summed E-state index contributed by atoms with van der Waals surface area (Å²) in [6.45, 7) is 5.63. The molecular formula is C18H22ClNS. The number of hydrogen-bond donors (Lipinski definition) is 1. The smallest absolute Gasteiger partial charge is 0.0406 e. The Hall–Kier alpha value is -0.830. The first-order chi connectivity index (χ1) is 10.1. The third-order valence-electron chi connectivity index (χ3n) is 4.27. The molecule has 0 radical (unpaired) electrons. The highest BCUT2D eigenvalue weighted by Gasteiger charge is 2.33. The van der Waals surface area contributed by atoms with Gasteiger partial charge in [0.2, 0.25) is 0 Å². The summed E-state index contributed by atoms with van der Waals surface area (Å²) in [4.78, 5) is 1.45. The molecule has 0 amide bonds. The molecule has 1 N–H and O–H groups in total. The van der Waals surface area contributed by atoms with E-state index in [1.54, 1.807) is 0 Å². The van der Waals surface area contributed by atoms with Crippen molar-refractivity contribution in [3.05, 3.63) is 57.2 Å². The van der Waals surface area contributed by atoms with E-state index in [9.17, 15) is 0 Å². The molecular weight excluding hydrogens is 298 g/mol. The molecule has 2 aromatic rings. The predicted molar refractivity (Wildman–Crippen MR) is 92.3 cm³/mol. The van der Waals surface area contributed by atoms with E-state index in [2.05, 4.69) is 48.8 Å². The first-order valence-corrected chi connectivity index (χ1v) is 8.85. The molecule has 0 spiro atoms. The van der Waals surface area contributed by atoms with Gasteiger partial charge in [0.25, 0.3) is 0 Å². The van der Waals surface area contributed by atoms with Gasteiger partial charge in [0, 0.05) is 27.9 Å². The van der Waals surface area contributed by atoms with Gasteiger partial charge in [-0.2, -0.15) is 0 Å². The van der Waals surface area contributed by atoms with Crippen LogP contribution in [0, 0.1) is 5.92 Å². The van der Waals surface area contributed by atoms with Gasteiger partial charge in [-0.15, -0.1) is 11.3 Å². The molecule has 1 heterocycles. The van der Waals surface area contributed by atoms with Crippen LogP contribution in [0.4, 0.5) is 0 Å². The van der Waals surface area contributed by atoms with Gasteiger partial charge in [-0.1, -0.05) is 43.6 Å². The first kappa shape index (κ1) is 15.1. The van der Waals surface area contributed by atoms with Crippen LogP contribution in [0.3, 0.4) is 0 Å². The molecule has 1 aliphatic carbocycles. The molecule has 3 heteroatoms. The van der Waals surface area contributed by atoms with Crippen LogP contribution in [-0.2, 0) is 5.41 Å². The number of thiophene rings is 1. The zero-order valence-corrected chi connectivity index (χ0v) is 14.2. The van der Waals surface area contributed by atoms with Gasteiger partial charge < -0.3 is 5.32 Å². The molecule has 1 unspecified atom stereocenters. The van der Waals surface area contributed by atoms with Crippen molar-refractivity contribution in [2.45, 2.75) is 38.1 Å². The highest BCUT2D eigenvalue weighted by molar-refractivity contribution is 7.10. The second-order valence-corrected chi connectivity index (χ2v) is 7.99. The lowest BCUT2D eigenvalue weighted by Gasteiger charge is -2.28. The van der Waals surface area contributed by atoms with Gasteiger partial charge in [0.1, 0.15) is 0 Å². The van der Waals surface area contributed by atoms with E-state index < -0.39 is 0 Å². The van der Waals surface area contributed by atoms with E-state index in [-0.39, 0.29) is 5.41 Å². The van der Waals surface area contributed by atoms with Crippen LogP contribution in [0.15, 0.2) is 41.8 Å². The molecule has 1 nitrogen and oxygen atoms in total. The summed E-state index contributed by atoms with van der Waals surface area (Å²) >= 11 is 7.86. The monoisotopic (exact) mass is 319 g/mol. The predicted octanol–water partition coefficient (Wildman–Crippen LogP) is 5.42. The van der Waals surface area contributed by atoms with Crippen LogP contribution in [0.5, 0.6) is 0 Å². The van der Waals surface area contributed by atoms with Gasteiger partial charge in [-0.25, -0.2) is 0 Å². The second-order valence-electron chi connectivity index (χ2n) is 6.61. The number of rotatable bonds is 6. The fraction of sp³-hybridized carbons (Fsp3) is 0.444. The quantitative estimate of drug-likeness (QED) is 0.749. The van der Waals surface area contributed by atoms with Crippen molar-refractivity contribution in [2.75, 3.05) is 6.54 Å². The van der Waals surface area contributed by atoms with Crippen molar-refractivity contribution in [1.29, 1.82) is 0 Å². The van der Waals surface area contributed by atoms with Crippen LogP contribution in [0.1, 0.15) is 43.2 Å². The molecule has 112 valence electrons. The fourth-order valence-electron chi connectivity index (χ4n) is 2.77. The van der Waals surface area contributed by atoms with Gasteiger partial charge in [-0.05, 0) is 47.9 Å². The number of nitrogens with one attached hydrogen (secondary N) is 1. The summed E-state index contributed by atoms with van der Waals surface area (Å²) < 4.78 is 0. The van der Waals surface area contributed by atoms with Crippen LogP contribution in [0.2, 0.25) is 5.02 Å². The SMILES string of the molecule is CC(C)(CNC(c1ccc(Cl)cc1)C1CC1)c1cccs1. The second kappa shape index (κ2) is 6.12. The van der Waals surface area contributed by atoms with Crippen molar-refractivity contribution in [3.8, 4) is 0 Å². The molecule has 1 atom stereocenters. The molecule has 1 saturated carbocycles. The Bertz CT molecular complexity index is 570. The van der Waals surface area contributed by atoms with Crippen LogP contribution in [-0.4, -0.2) is 6.54 Å². The van der Waals surface area contributed by atoms with Gasteiger partial charge in [-0.3, -0.25) is 0 Å². The summed E-state index contributed by atoms with van der Waals surface area (Å²) in [6, 6.07) is 13.2. The lowest BCUT2D eigenvalue weighted by atomic mass is 9.90. The van der Waals surface area contributed by atoms with E-state index in [1.807, 2.05) is 23.5 Å². The normalized spacial score (nSPS) is 16.9. The van der Waals surface area contributed by atoms with Gasteiger partial charge in [0.05, 0.1) is 0 Å².